The summed E-state index contributed by atoms with van der Waals surface area (Å²) >= 11 is 2.15. The molecule has 3 rings (SSSR count). The number of carbonyl (C=O) groups is 1. The third-order valence-electron chi connectivity index (χ3n) is 3.64. The van der Waals surface area contributed by atoms with Crippen molar-refractivity contribution in [3.05, 3.63) is 47.6 Å². The summed E-state index contributed by atoms with van der Waals surface area (Å²) in [6.07, 6.45) is 2.88. The van der Waals surface area contributed by atoms with E-state index in [1.165, 1.54) is 17.8 Å². The van der Waals surface area contributed by atoms with Crippen LogP contribution in [-0.4, -0.2) is 30.3 Å². The number of hydrogen-bond acceptors (Lipinski definition) is 10. The number of nitriles is 1. The number of aromatic nitrogens is 2. The summed E-state index contributed by atoms with van der Waals surface area (Å²) in [6.45, 7) is 3.56. The Morgan fingerprint density at radius 1 is 1.35 bits per heavy atom. The zero-order chi connectivity index (χ0) is 22.4. The van der Waals surface area contributed by atoms with Gasteiger partial charge in [0, 0.05) is 6.08 Å². The summed E-state index contributed by atoms with van der Waals surface area (Å²) < 4.78 is 35.1. The molecular formula is C19H18N4O5S3. The second-order valence-corrected chi connectivity index (χ2v) is 10.9. The number of nitrogens with one attached hydrogen (secondary N) is 1. The number of carbonyl (C=O) groups excluding carboxylic acids is 1. The molecule has 0 aromatic carbocycles. The first kappa shape index (κ1) is 22.8. The van der Waals surface area contributed by atoms with Crippen LogP contribution in [0.1, 0.15) is 25.4 Å². The van der Waals surface area contributed by atoms with Gasteiger partial charge in [-0.15, -0.1) is 10.2 Å². The number of thioether (sulfide) groups is 1. The molecule has 0 unspecified atom stereocenters. The summed E-state index contributed by atoms with van der Waals surface area (Å²) in [5.74, 6) is 0.808. The number of sulfone groups is 1. The van der Waals surface area contributed by atoms with Gasteiger partial charge >= 0.3 is 0 Å². The Bertz CT molecular complexity index is 1220. The quantitative estimate of drug-likeness (QED) is 0.209. The van der Waals surface area contributed by atoms with Crippen molar-refractivity contribution < 1.29 is 22.0 Å². The van der Waals surface area contributed by atoms with Gasteiger partial charge in [0.15, 0.2) is 5.09 Å². The summed E-state index contributed by atoms with van der Waals surface area (Å²) in [5, 5.41) is 19.7. The van der Waals surface area contributed by atoms with Gasteiger partial charge in [-0.2, -0.15) is 5.26 Å². The Kier molecular flexibility index (Phi) is 7.32. The van der Waals surface area contributed by atoms with Crippen molar-refractivity contribution in [3.63, 3.8) is 0 Å². The number of hydrogen-bond donors (Lipinski definition) is 1. The predicted molar refractivity (Wildman–Crippen MR) is 116 cm³/mol. The highest BCUT2D eigenvalue weighted by molar-refractivity contribution is 7.98. The van der Waals surface area contributed by atoms with Gasteiger partial charge in [0.1, 0.15) is 23.2 Å². The van der Waals surface area contributed by atoms with Crippen molar-refractivity contribution in [1.82, 2.24) is 10.2 Å². The van der Waals surface area contributed by atoms with Crippen molar-refractivity contribution >= 4 is 50.1 Å². The molecule has 0 saturated heterocycles. The first-order chi connectivity index (χ1) is 14.8. The minimum Gasteiger partial charge on any atom is -0.468 e. The van der Waals surface area contributed by atoms with Crippen molar-refractivity contribution in [3.8, 4) is 6.07 Å². The Balaban J connectivity index is 1.65. The van der Waals surface area contributed by atoms with Crippen LogP contribution in [0.25, 0.3) is 6.08 Å². The van der Waals surface area contributed by atoms with Crippen LogP contribution in [-0.2, 0) is 20.4 Å². The summed E-state index contributed by atoms with van der Waals surface area (Å²) in [6, 6.07) is 8.81. The second kappa shape index (κ2) is 9.95. The monoisotopic (exact) mass is 478 g/mol. The van der Waals surface area contributed by atoms with E-state index in [0.717, 1.165) is 17.1 Å². The van der Waals surface area contributed by atoms with Crippen LogP contribution in [0.4, 0.5) is 5.13 Å². The highest BCUT2D eigenvalue weighted by Gasteiger charge is 2.23. The molecular weight excluding hydrogens is 460 g/mol. The Hall–Kier alpha value is -2.88. The standard InChI is InChI=1S/C19H18N4O5S3/c1-12(2)11-31(25,26)19-23-22-18(30-19)21-17(24)13(9-20)8-14-5-6-16(28-14)29-10-15-4-3-7-27-15/h3-8,12H,10-11H2,1-2H3,(H,21,22,24)/b13-8-. The topological polar surface area (TPSA) is 139 Å². The minimum atomic E-state index is -3.58. The number of amides is 1. The minimum absolute atomic E-state index is 0.0115. The SMILES string of the molecule is CC(C)CS(=O)(=O)c1nnc(NC(=O)/C(C#N)=C\c2ccc(SCc3ccco3)o2)s1. The van der Waals surface area contributed by atoms with Gasteiger partial charge in [-0.05, 0) is 30.2 Å². The molecule has 0 atom stereocenters. The Morgan fingerprint density at radius 3 is 2.84 bits per heavy atom. The molecule has 162 valence electrons. The van der Waals surface area contributed by atoms with Crippen LogP contribution >= 0.6 is 23.1 Å². The molecule has 0 bridgehead atoms. The molecule has 0 radical (unpaired) electrons. The number of anilines is 1. The van der Waals surface area contributed by atoms with E-state index in [2.05, 4.69) is 15.5 Å². The lowest BCUT2D eigenvalue weighted by atomic mass is 10.2. The van der Waals surface area contributed by atoms with Crippen LogP contribution in [0.3, 0.4) is 0 Å². The Morgan fingerprint density at radius 2 is 2.16 bits per heavy atom. The van der Waals surface area contributed by atoms with E-state index in [-0.39, 0.29) is 26.7 Å². The molecule has 9 nitrogen and oxygen atoms in total. The summed E-state index contributed by atoms with van der Waals surface area (Å²) in [4.78, 5) is 12.4. The van der Waals surface area contributed by atoms with E-state index in [1.54, 1.807) is 44.4 Å². The fourth-order valence-corrected chi connectivity index (χ4v) is 5.75. The van der Waals surface area contributed by atoms with Gasteiger partial charge in [-0.3, -0.25) is 10.1 Å². The van der Waals surface area contributed by atoms with Crippen LogP contribution in [0.2, 0.25) is 0 Å². The van der Waals surface area contributed by atoms with Crippen molar-refractivity contribution in [2.24, 2.45) is 5.92 Å². The van der Waals surface area contributed by atoms with Crippen molar-refractivity contribution in [2.45, 2.75) is 29.0 Å². The fraction of sp³-hybridized carbons (Fsp3) is 0.263. The van der Waals surface area contributed by atoms with Crippen LogP contribution in [0.15, 0.2) is 54.4 Å². The van der Waals surface area contributed by atoms with Crippen molar-refractivity contribution in [1.29, 1.82) is 5.26 Å². The zero-order valence-corrected chi connectivity index (χ0v) is 19.0. The van der Waals surface area contributed by atoms with E-state index in [9.17, 15) is 18.5 Å². The van der Waals surface area contributed by atoms with Gasteiger partial charge in [0.25, 0.3) is 5.91 Å². The Labute approximate surface area is 187 Å². The largest absolute Gasteiger partial charge is 0.468 e. The lowest BCUT2D eigenvalue weighted by Gasteiger charge is -2.02. The molecule has 3 heterocycles. The van der Waals surface area contributed by atoms with E-state index >= 15 is 0 Å². The molecule has 0 aliphatic rings. The fourth-order valence-electron chi connectivity index (χ4n) is 2.38. The molecule has 0 aliphatic heterocycles. The average Bonchev–Trinajstić information content (AvgIpc) is 3.45. The maximum absolute atomic E-state index is 12.4. The molecule has 31 heavy (non-hydrogen) atoms. The third-order valence-corrected chi connectivity index (χ3v) is 7.93. The van der Waals surface area contributed by atoms with E-state index in [0.29, 0.717) is 16.6 Å². The molecule has 3 aromatic heterocycles. The molecule has 12 heteroatoms. The maximum Gasteiger partial charge on any atom is 0.268 e. The smallest absolute Gasteiger partial charge is 0.268 e. The van der Waals surface area contributed by atoms with Crippen LogP contribution in [0, 0.1) is 17.2 Å². The molecule has 1 N–H and O–H groups in total. The van der Waals surface area contributed by atoms with Gasteiger partial charge in [0.05, 0.1) is 17.8 Å². The molecule has 0 saturated carbocycles. The van der Waals surface area contributed by atoms with Gasteiger partial charge in [-0.1, -0.05) is 36.9 Å². The van der Waals surface area contributed by atoms with E-state index < -0.39 is 15.7 Å². The molecule has 1 amide bonds. The van der Waals surface area contributed by atoms with Crippen LogP contribution in [0.5, 0.6) is 0 Å². The number of rotatable bonds is 9. The van der Waals surface area contributed by atoms with Crippen molar-refractivity contribution in [2.75, 3.05) is 11.1 Å². The van der Waals surface area contributed by atoms with Crippen LogP contribution < -0.4 is 5.32 Å². The first-order valence-corrected chi connectivity index (χ1v) is 12.5. The average molecular weight is 479 g/mol. The number of furan rings is 2. The first-order valence-electron chi connectivity index (χ1n) is 9.01. The normalized spacial score (nSPS) is 12.1. The third kappa shape index (κ3) is 6.30. The van der Waals surface area contributed by atoms with E-state index in [1.807, 2.05) is 6.07 Å². The van der Waals surface area contributed by atoms with E-state index in [4.69, 9.17) is 8.83 Å². The van der Waals surface area contributed by atoms with Gasteiger partial charge in [0.2, 0.25) is 19.3 Å². The lowest BCUT2D eigenvalue weighted by molar-refractivity contribution is -0.112. The second-order valence-electron chi connectivity index (χ2n) is 6.70. The lowest BCUT2D eigenvalue weighted by Crippen LogP contribution is -2.13. The number of nitrogens with zero attached hydrogens (tertiary/aromatic N) is 3. The molecule has 3 aromatic rings. The molecule has 0 aliphatic carbocycles. The highest BCUT2D eigenvalue weighted by atomic mass is 32.2. The summed E-state index contributed by atoms with van der Waals surface area (Å²) in [5.41, 5.74) is -0.223. The highest BCUT2D eigenvalue weighted by Crippen LogP contribution is 2.26. The maximum atomic E-state index is 12.4. The predicted octanol–water partition coefficient (Wildman–Crippen LogP) is 3.99. The van der Waals surface area contributed by atoms with Gasteiger partial charge in [-0.25, -0.2) is 8.42 Å². The summed E-state index contributed by atoms with van der Waals surface area (Å²) in [7, 11) is -3.58. The zero-order valence-electron chi connectivity index (χ0n) is 16.6. The molecule has 0 spiro atoms. The van der Waals surface area contributed by atoms with Gasteiger partial charge < -0.3 is 8.83 Å². The molecule has 0 fully saturated rings.